The van der Waals surface area contributed by atoms with Crippen molar-refractivity contribution >= 4 is 15.9 Å². The molecule has 0 N–H and O–H groups in total. The molecule has 0 spiro atoms. The lowest BCUT2D eigenvalue weighted by Crippen LogP contribution is -1.86. The van der Waals surface area contributed by atoms with Gasteiger partial charge in [0.1, 0.15) is 0 Å². The molecule has 15 heavy (non-hydrogen) atoms. The van der Waals surface area contributed by atoms with Crippen LogP contribution in [0.1, 0.15) is 18.4 Å². The van der Waals surface area contributed by atoms with Crippen molar-refractivity contribution in [3.8, 4) is 11.8 Å². The maximum atomic E-state index is 3.55. The predicted molar refractivity (Wildman–Crippen MR) is 67.6 cm³/mol. The van der Waals surface area contributed by atoms with Gasteiger partial charge in [0.25, 0.3) is 0 Å². The van der Waals surface area contributed by atoms with Crippen LogP contribution in [0.5, 0.6) is 0 Å². The van der Waals surface area contributed by atoms with Gasteiger partial charge in [-0.05, 0) is 31.1 Å². The van der Waals surface area contributed by atoms with Gasteiger partial charge in [-0.1, -0.05) is 52.0 Å². The number of hydrogen-bond acceptors (Lipinski definition) is 0. The van der Waals surface area contributed by atoms with Crippen LogP contribution in [0.2, 0.25) is 0 Å². The van der Waals surface area contributed by atoms with Gasteiger partial charge in [-0.25, -0.2) is 0 Å². The van der Waals surface area contributed by atoms with Crippen molar-refractivity contribution in [3.05, 3.63) is 58.1 Å². The molecule has 0 heterocycles. The van der Waals surface area contributed by atoms with Crippen molar-refractivity contribution in [3.63, 3.8) is 0 Å². The fourth-order valence-electron chi connectivity index (χ4n) is 1.41. The molecule has 74 valence electrons. The maximum absolute atomic E-state index is 3.55. The van der Waals surface area contributed by atoms with Crippen molar-refractivity contribution in [2.24, 2.45) is 0 Å². The summed E-state index contributed by atoms with van der Waals surface area (Å²) in [4.78, 5) is 0. The summed E-state index contributed by atoms with van der Waals surface area (Å²) >= 11 is 3.55. The third-order valence-corrected chi connectivity index (χ3v) is 3.05. The summed E-state index contributed by atoms with van der Waals surface area (Å²) in [6.07, 6.45) is 6.43. The Hall–Kier alpha value is -1.26. The molecule has 0 atom stereocenters. The molecule has 0 nitrogen and oxygen atoms in total. The quantitative estimate of drug-likeness (QED) is 0.617. The van der Waals surface area contributed by atoms with E-state index in [9.17, 15) is 0 Å². The monoisotopic (exact) mass is 258 g/mol. The molecular weight excluding hydrogens is 248 g/mol. The lowest BCUT2D eigenvalue weighted by molar-refractivity contribution is 1.02. The van der Waals surface area contributed by atoms with Gasteiger partial charge >= 0.3 is 0 Å². The first kappa shape index (κ1) is 10.3. The summed E-state index contributed by atoms with van der Waals surface area (Å²) in [6.45, 7) is 0. The van der Waals surface area contributed by atoms with Gasteiger partial charge in [0.15, 0.2) is 0 Å². The molecule has 1 aromatic rings. The highest BCUT2D eigenvalue weighted by Crippen LogP contribution is 2.23. The van der Waals surface area contributed by atoms with E-state index in [0.717, 1.165) is 24.0 Å². The Morgan fingerprint density at radius 3 is 2.60 bits per heavy atom. The predicted octanol–water partition coefficient (Wildman–Crippen LogP) is 4.04. The van der Waals surface area contributed by atoms with Crippen LogP contribution in [0.3, 0.4) is 0 Å². The largest absolute Gasteiger partial charge is 0.0829 e. The number of benzene rings is 1. The Kier molecular flexibility index (Phi) is 3.42. The van der Waals surface area contributed by atoms with Crippen LogP contribution in [-0.4, -0.2) is 0 Å². The maximum Gasteiger partial charge on any atom is 0.0347 e. The number of allylic oxidation sites excluding steroid dienone is 4. The van der Waals surface area contributed by atoms with Gasteiger partial charge in [0, 0.05) is 15.6 Å². The molecule has 1 aliphatic rings. The second-order valence-electron chi connectivity index (χ2n) is 3.38. The van der Waals surface area contributed by atoms with E-state index in [0.29, 0.717) is 0 Å². The standard InChI is InChI=1S/C14H11Br/c15-14-9-5-4-8-13(14)11-10-12-6-2-1-3-7-12/h1-4,6-8H,5,9H2. The van der Waals surface area contributed by atoms with Crippen LogP contribution in [-0.2, 0) is 0 Å². The van der Waals surface area contributed by atoms with Crippen LogP contribution in [0.15, 0.2) is 52.5 Å². The fraction of sp³-hybridized carbons (Fsp3) is 0.143. The van der Waals surface area contributed by atoms with E-state index in [2.05, 4.69) is 39.9 Å². The van der Waals surface area contributed by atoms with E-state index < -0.39 is 0 Å². The smallest absolute Gasteiger partial charge is 0.0347 e. The lowest BCUT2D eigenvalue weighted by atomic mass is 10.1. The van der Waals surface area contributed by atoms with Gasteiger partial charge in [0.05, 0.1) is 0 Å². The minimum atomic E-state index is 1.06. The SMILES string of the molecule is BrC1=C(C#Cc2ccccc2)C=CCC1. The third-order valence-electron chi connectivity index (χ3n) is 2.22. The Bertz CT molecular complexity index is 455. The highest BCUT2D eigenvalue weighted by Gasteiger charge is 2.01. The Morgan fingerprint density at radius 2 is 1.87 bits per heavy atom. The summed E-state index contributed by atoms with van der Waals surface area (Å²) in [7, 11) is 0. The zero-order chi connectivity index (χ0) is 10.5. The van der Waals surface area contributed by atoms with Crippen LogP contribution >= 0.6 is 15.9 Å². The molecule has 0 bridgehead atoms. The molecule has 0 aromatic heterocycles. The van der Waals surface area contributed by atoms with E-state index in [4.69, 9.17) is 0 Å². The first-order valence-electron chi connectivity index (χ1n) is 4.98. The second-order valence-corrected chi connectivity index (χ2v) is 4.33. The zero-order valence-corrected chi connectivity index (χ0v) is 9.92. The van der Waals surface area contributed by atoms with E-state index in [1.807, 2.05) is 30.3 Å². The van der Waals surface area contributed by atoms with Crippen molar-refractivity contribution in [1.82, 2.24) is 0 Å². The summed E-state index contributed by atoms with van der Waals surface area (Å²) < 4.78 is 1.22. The van der Waals surface area contributed by atoms with Gasteiger partial charge in [0.2, 0.25) is 0 Å². The molecule has 1 aliphatic carbocycles. The molecule has 0 saturated heterocycles. The average molecular weight is 259 g/mol. The van der Waals surface area contributed by atoms with E-state index in [1.54, 1.807) is 0 Å². The Morgan fingerprint density at radius 1 is 1.07 bits per heavy atom. The summed E-state index contributed by atoms with van der Waals surface area (Å²) in [5.41, 5.74) is 2.16. The van der Waals surface area contributed by atoms with Gasteiger partial charge in [-0.2, -0.15) is 0 Å². The van der Waals surface area contributed by atoms with E-state index in [1.165, 1.54) is 4.48 Å². The van der Waals surface area contributed by atoms with Gasteiger partial charge in [-0.15, -0.1) is 0 Å². The Labute approximate surface area is 98.8 Å². The normalized spacial score (nSPS) is 14.7. The Balaban J connectivity index is 2.23. The van der Waals surface area contributed by atoms with Crippen LogP contribution < -0.4 is 0 Å². The van der Waals surface area contributed by atoms with Crippen molar-refractivity contribution in [1.29, 1.82) is 0 Å². The summed E-state index contributed by atoms with van der Waals surface area (Å²) in [5, 5.41) is 0. The van der Waals surface area contributed by atoms with Gasteiger partial charge in [-0.3, -0.25) is 0 Å². The minimum absolute atomic E-state index is 1.06. The highest BCUT2D eigenvalue weighted by molar-refractivity contribution is 9.11. The molecule has 2 rings (SSSR count). The van der Waals surface area contributed by atoms with Crippen molar-refractivity contribution in [2.45, 2.75) is 12.8 Å². The molecule has 0 amide bonds. The molecule has 1 aromatic carbocycles. The van der Waals surface area contributed by atoms with E-state index >= 15 is 0 Å². The van der Waals surface area contributed by atoms with Crippen LogP contribution in [0, 0.1) is 11.8 Å². The summed E-state index contributed by atoms with van der Waals surface area (Å²) in [6, 6.07) is 10.1. The first-order valence-corrected chi connectivity index (χ1v) is 5.78. The van der Waals surface area contributed by atoms with Crippen molar-refractivity contribution < 1.29 is 0 Å². The molecule has 0 fully saturated rings. The zero-order valence-electron chi connectivity index (χ0n) is 8.33. The number of hydrogen-bond donors (Lipinski definition) is 0. The topological polar surface area (TPSA) is 0 Å². The number of rotatable bonds is 0. The molecular formula is C14H11Br. The molecule has 0 radical (unpaired) electrons. The second kappa shape index (κ2) is 5.00. The van der Waals surface area contributed by atoms with Crippen LogP contribution in [0.25, 0.3) is 0 Å². The molecule has 1 heteroatoms. The minimum Gasteiger partial charge on any atom is -0.0829 e. The molecule has 0 saturated carbocycles. The highest BCUT2D eigenvalue weighted by atomic mass is 79.9. The third kappa shape index (κ3) is 2.84. The average Bonchev–Trinajstić information content (AvgIpc) is 2.29. The van der Waals surface area contributed by atoms with Crippen molar-refractivity contribution in [2.75, 3.05) is 0 Å². The number of halogens is 1. The van der Waals surface area contributed by atoms with Crippen LogP contribution in [0.4, 0.5) is 0 Å². The molecule has 0 aliphatic heterocycles. The fourth-order valence-corrected chi connectivity index (χ4v) is 1.87. The van der Waals surface area contributed by atoms with Gasteiger partial charge < -0.3 is 0 Å². The summed E-state index contributed by atoms with van der Waals surface area (Å²) in [5.74, 6) is 6.34. The molecule has 0 unspecified atom stereocenters. The lowest BCUT2D eigenvalue weighted by Gasteiger charge is -2.04. The van der Waals surface area contributed by atoms with E-state index in [-0.39, 0.29) is 0 Å². The first-order chi connectivity index (χ1) is 7.36.